The summed E-state index contributed by atoms with van der Waals surface area (Å²) in [5.74, 6) is 0. The van der Waals surface area contributed by atoms with Crippen LogP contribution in [0.25, 0.3) is 0 Å². The number of rotatable bonds is 3. The van der Waals surface area contributed by atoms with Crippen LogP contribution in [-0.4, -0.2) is 14.5 Å². The summed E-state index contributed by atoms with van der Waals surface area (Å²) in [7, 11) is 1.99. The fourth-order valence-electron chi connectivity index (χ4n) is 2.27. The second-order valence-corrected chi connectivity index (χ2v) is 5.49. The zero-order valence-corrected chi connectivity index (χ0v) is 11.2. The molecule has 0 aliphatic heterocycles. The lowest BCUT2D eigenvalue weighted by Gasteiger charge is -2.09. The first-order valence-electron chi connectivity index (χ1n) is 6.15. The average Bonchev–Trinajstić information content (AvgIpc) is 2.98. The summed E-state index contributed by atoms with van der Waals surface area (Å²) in [6, 6.07) is 2.22. The van der Waals surface area contributed by atoms with Gasteiger partial charge in [0, 0.05) is 31.7 Å². The fourth-order valence-corrected chi connectivity index (χ4v) is 3.19. The van der Waals surface area contributed by atoms with Crippen molar-refractivity contribution in [3.63, 3.8) is 0 Å². The number of hydrogen-bond donors (Lipinski definition) is 1. The van der Waals surface area contributed by atoms with E-state index in [1.165, 1.54) is 17.7 Å². The van der Waals surface area contributed by atoms with Gasteiger partial charge in [-0.3, -0.25) is 0 Å². The maximum Gasteiger partial charge on any atom is 0.174 e. The second-order valence-electron chi connectivity index (χ2n) is 4.54. The summed E-state index contributed by atoms with van der Waals surface area (Å²) >= 11 is 1.60. The highest BCUT2D eigenvalue weighted by Gasteiger charge is 2.17. The number of nitrogens with zero attached hydrogens (tertiary/aromatic N) is 3. The number of fused-ring (bicyclic) bond motifs is 1. The fraction of sp³-hybridized carbons (Fsp3) is 0.385. The van der Waals surface area contributed by atoms with Crippen molar-refractivity contribution >= 4 is 11.8 Å². The monoisotopic (exact) mass is 260 g/mol. The van der Waals surface area contributed by atoms with Gasteiger partial charge in [0.15, 0.2) is 5.16 Å². The highest BCUT2D eigenvalue weighted by atomic mass is 32.2. The van der Waals surface area contributed by atoms with Crippen molar-refractivity contribution in [2.45, 2.75) is 36.0 Å². The summed E-state index contributed by atoms with van der Waals surface area (Å²) in [6.45, 7) is 0.535. The van der Waals surface area contributed by atoms with Gasteiger partial charge in [-0.15, -0.1) is 0 Å². The molecule has 1 aliphatic rings. The molecule has 0 fully saturated rings. The lowest BCUT2D eigenvalue weighted by atomic mass is 10.1. The van der Waals surface area contributed by atoms with Gasteiger partial charge in [-0.05, 0) is 42.2 Å². The molecule has 2 aromatic heterocycles. The summed E-state index contributed by atoms with van der Waals surface area (Å²) < 4.78 is 2.00. The van der Waals surface area contributed by atoms with Crippen LogP contribution in [0.2, 0.25) is 0 Å². The normalized spacial score (nSPS) is 13.9. The standard InChI is InChI=1S/C13H16N4S/c1-17-6-5-15-13(17)18-12-10(8-14)7-9-3-2-4-11(9)16-12/h5-7H,2-4,8,14H2,1H3. The second kappa shape index (κ2) is 4.74. The van der Waals surface area contributed by atoms with Gasteiger partial charge in [-0.2, -0.15) is 0 Å². The Morgan fingerprint density at radius 3 is 3.06 bits per heavy atom. The first kappa shape index (κ1) is 11.7. The predicted molar refractivity (Wildman–Crippen MR) is 71.5 cm³/mol. The van der Waals surface area contributed by atoms with E-state index >= 15 is 0 Å². The van der Waals surface area contributed by atoms with E-state index in [-0.39, 0.29) is 0 Å². The lowest BCUT2D eigenvalue weighted by Crippen LogP contribution is -2.04. The number of hydrogen-bond acceptors (Lipinski definition) is 4. The molecule has 0 spiro atoms. The van der Waals surface area contributed by atoms with Crippen molar-refractivity contribution in [1.29, 1.82) is 0 Å². The van der Waals surface area contributed by atoms with Crippen LogP contribution in [0.15, 0.2) is 28.6 Å². The molecule has 2 aromatic rings. The Bertz CT molecular complexity index is 576. The van der Waals surface area contributed by atoms with Gasteiger partial charge >= 0.3 is 0 Å². The van der Waals surface area contributed by atoms with E-state index in [0.29, 0.717) is 6.54 Å². The Morgan fingerprint density at radius 1 is 1.44 bits per heavy atom. The van der Waals surface area contributed by atoms with Gasteiger partial charge in [-0.25, -0.2) is 9.97 Å². The zero-order chi connectivity index (χ0) is 12.5. The van der Waals surface area contributed by atoms with Crippen LogP contribution in [0, 0.1) is 0 Å². The molecule has 0 unspecified atom stereocenters. The predicted octanol–water partition coefficient (Wildman–Crippen LogP) is 1.91. The smallest absolute Gasteiger partial charge is 0.174 e. The summed E-state index contributed by atoms with van der Waals surface area (Å²) in [4.78, 5) is 9.09. The molecule has 4 nitrogen and oxygen atoms in total. The van der Waals surface area contributed by atoms with E-state index in [1.807, 2.05) is 17.8 Å². The van der Waals surface area contributed by atoms with Crippen molar-refractivity contribution in [1.82, 2.24) is 14.5 Å². The van der Waals surface area contributed by atoms with Crippen LogP contribution in [0.5, 0.6) is 0 Å². The van der Waals surface area contributed by atoms with Crippen LogP contribution in [-0.2, 0) is 26.4 Å². The van der Waals surface area contributed by atoms with Crippen LogP contribution in [0.4, 0.5) is 0 Å². The van der Waals surface area contributed by atoms with Crippen molar-refractivity contribution in [3.05, 3.63) is 35.3 Å². The Hall–Kier alpha value is -1.33. The molecule has 0 aromatic carbocycles. The minimum absolute atomic E-state index is 0.535. The van der Waals surface area contributed by atoms with E-state index in [2.05, 4.69) is 11.1 Å². The Kier molecular flexibility index (Phi) is 3.09. The molecular formula is C13H16N4S. The van der Waals surface area contributed by atoms with Gasteiger partial charge in [0.1, 0.15) is 5.03 Å². The SMILES string of the molecule is Cn1ccnc1Sc1nc2c(cc1CN)CCC2. The molecule has 0 atom stereocenters. The van der Waals surface area contributed by atoms with Crippen LogP contribution in [0.3, 0.4) is 0 Å². The summed E-state index contributed by atoms with van der Waals surface area (Å²) in [6.07, 6.45) is 7.19. The van der Waals surface area contributed by atoms with E-state index in [9.17, 15) is 0 Å². The van der Waals surface area contributed by atoms with E-state index in [0.717, 1.165) is 28.6 Å². The summed E-state index contributed by atoms with van der Waals surface area (Å²) in [5.41, 5.74) is 9.57. The first-order chi connectivity index (χ1) is 8.78. The largest absolute Gasteiger partial charge is 0.329 e. The van der Waals surface area contributed by atoms with Crippen LogP contribution < -0.4 is 5.73 Å². The first-order valence-corrected chi connectivity index (χ1v) is 6.96. The Balaban J connectivity index is 1.98. The van der Waals surface area contributed by atoms with Gasteiger partial charge in [0.05, 0.1) is 0 Å². The van der Waals surface area contributed by atoms with Crippen LogP contribution in [0.1, 0.15) is 23.2 Å². The third-order valence-electron chi connectivity index (χ3n) is 3.27. The third-order valence-corrected chi connectivity index (χ3v) is 4.40. The molecule has 0 radical (unpaired) electrons. The Morgan fingerprint density at radius 2 is 2.33 bits per heavy atom. The molecule has 2 N–H and O–H groups in total. The molecule has 5 heteroatoms. The van der Waals surface area contributed by atoms with Crippen LogP contribution >= 0.6 is 11.8 Å². The van der Waals surface area contributed by atoms with E-state index in [1.54, 1.807) is 18.0 Å². The molecule has 18 heavy (non-hydrogen) atoms. The number of imidazole rings is 1. The molecule has 0 amide bonds. The van der Waals surface area contributed by atoms with Crippen molar-refractivity contribution in [2.24, 2.45) is 12.8 Å². The van der Waals surface area contributed by atoms with E-state index in [4.69, 9.17) is 10.7 Å². The van der Waals surface area contributed by atoms with Crippen molar-refractivity contribution in [3.8, 4) is 0 Å². The minimum Gasteiger partial charge on any atom is -0.329 e. The maximum absolute atomic E-state index is 5.83. The van der Waals surface area contributed by atoms with E-state index < -0.39 is 0 Å². The molecular weight excluding hydrogens is 244 g/mol. The number of nitrogens with two attached hydrogens (primary N) is 1. The van der Waals surface area contributed by atoms with Gasteiger partial charge in [0.25, 0.3) is 0 Å². The molecule has 1 aliphatic carbocycles. The molecule has 0 bridgehead atoms. The Labute approximate surface area is 111 Å². The number of pyridine rings is 1. The van der Waals surface area contributed by atoms with Crippen molar-refractivity contribution in [2.75, 3.05) is 0 Å². The third kappa shape index (κ3) is 2.04. The minimum atomic E-state index is 0.535. The lowest BCUT2D eigenvalue weighted by molar-refractivity contribution is 0.786. The van der Waals surface area contributed by atoms with Gasteiger partial charge in [-0.1, -0.05) is 6.07 Å². The van der Waals surface area contributed by atoms with Gasteiger partial charge < -0.3 is 10.3 Å². The highest BCUT2D eigenvalue weighted by Crippen LogP contribution is 2.31. The summed E-state index contributed by atoms with van der Waals surface area (Å²) in [5, 5.41) is 1.96. The number of aromatic nitrogens is 3. The topological polar surface area (TPSA) is 56.7 Å². The molecule has 94 valence electrons. The zero-order valence-electron chi connectivity index (χ0n) is 10.4. The number of aryl methyl sites for hydroxylation is 3. The average molecular weight is 260 g/mol. The molecule has 0 saturated heterocycles. The molecule has 3 rings (SSSR count). The van der Waals surface area contributed by atoms with Crippen molar-refractivity contribution < 1.29 is 0 Å². The maximum atomic E-state index is 5.83. The quantitative estimate of drug-likeness (QED) is 0.916. The highest BCUT2D eigenvalue weighted by molar-refractivity contribution is 7.99. The molecule has 0 saturated carbocycles. The van der Waals surface area contributed by atoms with Gasteiger partial charge in [0.2, 0.25) is 0 Å². The molecule has 2 heterocycles.